The fourth-order valence-electron chi connectivity index (χ4n) is 1.24. The normalized spacial score (nSPS) is 11.8. The van der Waals surface area contributed by atoms with Crippen molar-refractivity contribution in [3.05, 3.63) is 28.8 Å². The zero-order chi connectivity index (χ0) is 13.7. The largest absolute Gasteiger partial charge is 0.465 e. The van der Waals surface area contributed by atoms with E-state index in [2.05, 4.69) is 10.1 Å². The van der Waals surface area contributed by atoms with Crippen molar-refractivity contribution in [2.75, 3.05) is 19.0 Å². The Morgan fingerprint density at radius 1 is 1.50 bits per heavy atom. The van der Waals surface area contributed by atoms with Crippen LogP contribution in [-0.4, -0.2) is 25.5 Å². The van der Waals surface area contributed by atoms with Gasteiger partial charge in [-0.1, -0.05) is 18.5 Å². The van der Waals surface area contributed by atoms with Gasteiger partial charge in [-0.05, 0) is 18.2 Å². The third kappa shape index (κ3) is 3.45. The molecular formula is C12H15ClN2O3. The highest BCUT2D eigenvalue weighted by Gasteiger charge is 2.14. The lowest BCUT2D eigenvalue weighted by molar-refractivity contribution is -0.119. The van der Waals surface area contributed by atoms with Crippen LogP contribution in [0.15, 0.2) is 18.2 Å². The van der Waals surface area contributed by atoms with Crippen LogP contribution in [0.1, 0.15) is 17.3 Å². The first-order valence-electron chi connectivity index (χ1n) is 5.38. The quantitative estimate of drug-likeness (QED) is 0.816. The summed E-state index contributed by atoms with van der Waals surface area (Å²) in [5.41, 5.74) is 6.16. The van der Waals surface area contributed by atoms with Gasteiger partial charge in [0.15, 0.2) is 0 Å². The van der Waals surface area contributed by atoms with Gasteiger partial charge in [-0.25, -0.2) is 4.79 Å². The van der Waals surface area contributed by atoms with E-state index in [1.807, 2.05) is 0 Å². The van der Waals surface area contributed by atoms with Gasteiger partial charge in [0.1, 0.15) is 0 Å². The Labute approximate surface area is 110 Å². The summed E-state index contributed by atoms with van der Waals surface area (Å²) in [6.45, 7) is 1.99. The Bertz CT molecular complexity index is 463. The van der Waals surface area contributed by atoms with Crippen LogP contribution in [0.4, 0.5) is 5.69 Å². The Kier molecular flexibility index (Phi) is 5.12. The van der Waals surface area contributed by atoms with Crippen molar-refractivity contribution < 1.29 is 14.3 Å². The fourth-order valence-corrected chi connectivity index (χ4v) is 1.50. The lowest BCUT2D eigenvalue weighted by Gasteiger charge is -2.11. The number of carbonyl (C=O) groups excluding carboxylic acids is 2. The number of methoxy groups -OCH3 is 1. The number of amides is 1. The van der Waals surface area contributed by atoms with E-state index in [-0.39, 0.29) is 29.0 Å². The molecule has 0 spiro atoms. The molecule has 0 aliphatic rings. The molecule has 1 aromatic carbocycles. The van der Waals surface area contributed by atoms with Crippen molar-refractivity contribution in [2.24, 2.45) is 11.7 Å². The molecule has 1 unspecified atom stereocenters. The van der Waals surface area contributed by atoms with E-state index in [0.717, 1.165) is 0 Å². The highest BCUT2D eigenvalue weighted by atomic mass is 35.5. The second-order valence-electron chi connectivity index (χ2n) is 3.81. The van der Waals surface area contributed by atoms with Gasteiger partial charge < -0.3 is 15.8 Å². The van der Waals surface area contributed by atoms with Crippen LogP contribution in [-0.2, 0) is 9.53 Å². The lowest BCUT2D eigenvalue weighted by Crippen LogP contribution is -2.26. The highest BCUT2D eigenvalue weighted by molar-refractivity contribution is 6.34. The van der Waals surface area contributed by atoms with Gasteiger partial charge in [-0.2, -0.15) is 0 Å². The van der Waals surface area contributed by atoms with E-state index in [1.54, 1.807) is 13.0 Å². The third-order valence-corrected chi connectivity index (χ3v) is 2.76. The molecule has 18 heavy (non-hydrogen) atoms. The number of carbonyl (C=O) groups is 2. The second kappa shape index (κ2) is 6.37. The summed E-state index contributed by atoms with van der Waals surface area (Å²) >= 11 is 5.92. The van der Waals surface area contributed by atoms with Crippen LogP contribution in [0, 0.1) is 5.92 Å². The summed E-state index contributed by atoms with van der Waals surface area (Å²) in [7, 11) is 1.28. The van der Waals surface area contributed by atoms with Crippen LogP contribution < -0.4 is 11.1 Å². The van der Waals surface area contributed by atoms with Crippen LogP contribution >= 0.6 is 11.6 Å². The minimum atomic E-state index is -0.520. The number of nitrogens with one attached hydrogen (secondary N) is 1. The molecule has 0 aliphatic carbocycles. The van der Waals surface area contributed by atoms with Gasteiger partial charge in [-0.3, -0.25) is 4.79 Å². The summed E-state index contributed by atoms with van der Waals surface area (Å²) in [5, 5.41) is 2.88. The topological polar surface area (TPSA) is 81.4 Å². The van der Waals surface area contributed by atoms with Crippen LogP contribution in [0.3, 0.4) is 0 Å². The predicted molar refractivity (Wildman–Crippen MR) is 69.6 cm³/mol. The van der Waals surface area contributed by atoms with Crippen LogP contribution in [0.25, 0.3) is 0 Å². The fraction of sp³-hybridized carbons (Fsp3) is 0.333. The summed E-state index contributed by atoms with van der Waals surface area (Å²) < 4.78 is 4.57. The van der Waals surface area contributed by atoms with E-state index in [4.69, 9.17) is 17.3 Å². The van der Waals surface area contributed by atoms with E-state index in [0.29, 0.717) is 5.69 Å². The first-order valence-corrected chi connectivity index (χ1v) is 5.76. The summed E-state index contributed by atoms with van der Waals surface area (Å²) in [4.78, 5) is 22.9. The number of nitrogens with two attached hydrogens (primary N) is 1. The van der Waals surface area contributed by atoms with Gasteiger partial charge >= 0.3 is 5.97 Å². The number of hydrogen-bond acceptors (Lipinski definition) is 4. The zero-order valence-electron chi connectivity index (χ0n) is 10.2. The Balaban J connectivity index is 2.85. The lowest BCUT2D eigenvalue weighted by atomic mass is 10.1. The molecule has 1 atom stereocenters. The molecule has 3 N–H and O–H groups in total. The van der Waals surface area contributed by atoms with Crippen molar-refractivity contribution in [2.45, 2.75) is 6.92 Å². The average Bonchev–Trinajstić information content (AvgIpc) is 2.37. The van der Waals surface area contributed by atoms with Crippen molar-refractivity contribution in [1.29, 1.82) is 0 Å². The Morgan fingerprint density at radius 2 is 2.17 bits per heavy atom. The van der Waals surface area contributed by atoms with Crippen molar-refractivity contribution in [1.82, 2.24) is 0 Å². The standard InChI is InChI=1S/C12H15ClN2O3/c1-7(6-14)11(16)15-8-3-4-9(10(13)5-8)12(17)18-2/h3-5,7H,6,14H2,1-2H3,(H,15,16). The van der Waals surface area contributed by atoms with E-state index >= 15 is 0 Å². The molecule has 0 radical (unpaired) electrons. The Morgan fingerprint density at radius 3 is 2.67 bits per heavy atom. The molecule has 0 saturated carbocycles. The maximum Gasteiger partial charge on any atom is 0.339 e. The molecule has 6 heteroatoms. The highest BCUT2D eigenvalue weighted by Crippen LogP contribution is 2.22. The molecule has 0 bridgehead atoms. The number of ether oxygens (including phenoxy) is 1. The van der Waals surface area contributed by atoms with Gasteiger partial charge in [-0.15, -0.1) is 0 Å². The summed E-state index contributed by atoms with van der Waals surface area (Å²) in [6, 6.07) is 4.57. The number of benzene rings is 1. The van der Waals surface area contributed by atoms with Gasteiger partial charge in [0.25, 0.3) is 0 Å². The minimum absolute atomic E-state index is 0.195. The number of esters is 1. The predicted octanol–water partition coefficient (Wildman–Crippen LogP) is 1.66. The monoisotopic (exact) mass is 270 g/mol. The van der Waals surface area contributed by atoms with E-state index in [1.165, 1.54) is 19.2 Å². The van der Waals surface area contributed by atoms with E-state index < -0.39 is 5.97 Å². The van der Waals surface area contributed by atoms with E-state index in [9.17, 15) is 9.59 Å². The average molecular weight is 271 g/mol. The first-order chi connectivity index (χ1) is 8.49. The van der Waals surface area contributed by atoms with Crippen molar-refractivity contribution >= 4 is 29.2 Å². The number of rotatable bonds is 4. The first kappa shape index (κ1) is 14.5. The number of anilines is 1. The molecule has 5 nitrogen and oxygen atoms in total. The van der Waals surface area contributed by atoms with Gasteiger partial charge in [0, 0.05) is 18.2 Å². The molecule has 98 valence electrons. The SMILES string of the molecule is COC(=O)c1ccc(NC(=O)C(C)CN)cc1Cl. The minimum Gasteiger partial charge on any atom is -0.465 e. The third-order valence-electron chi connectivity index (χ3n) is 2.44. The molecule has 1 rings (SSSR count). The zero-order valence-corrected chi connectivity index (χ0v) is 11.0. The van der Waals surface area contributed by atoms with Gasteiger partial charge in [0.2, 0.25) is 5.91 Å². The summed E-state index contributed by atoms with van der Waals surface area (Å²) in [5.74, 6) is -1.00. The second-order valence-corrected chi connectivity index (χ2v) is 4.22. The molecule has 0 fully saturated rings. The van der Waals surface area contributed by atoms with Crippen molar-refractivity contribution in [3.63, 3.8) is 0 Å². The number of hydrogen-bond donors (Lipinski definition) is 2. The molecule has 0 heterocycles. The Hall–Kier alpha value is -1.59. The summed E-state index contributed by atoms with van der Waals surface area (Å²) in [6.07, 6.45) is 0. The van der Waals surface area contributed by atoms with Crippen molar-refractivity contribution in [3.8, 4) is 0 Å². The molecule has 0 saturated heterocycles. The van der Waals surface area contributed by atoms with Gasteiger partial charge in [0.05, 0.1) is 17.7 Å². The maximum absolute atomic E-state index is 11.6. The number of halogens is 1. The maximum atomic E-state index is 11.6. The smallest absolute Gasteiger partial charge is 0.339 e. The van der Waals surface area contributed by atoms with Crippen LogP contribution in [0.2, 0.25) is 5.02 Å². The molecular weight excluding hydrogens is 256 g/mol. The molecule has 0 aromatic heterocycles. The van der Waals surface area contributed by atoms with Crippen LogP contribution in [0.5, 0.6) is 0 Å². The molecule has 1 amide bonds. The molecule has 0 aliphatic heterocycles. The molecule has 1 aromatic rings.